The molecule has 1 aromatic carbocycles. The van der Waals surface area contributed by atoms with Crippen LogP contribution in [0.5, 0.6) is 0 Å². The molecule has 0 aromatic heterocycles. The zero-order valence-corrected chi connectivity index (χ0v) is 8.31. The standard InChI is InChI=1S/C10H12FNO3/c1-7(13)2-3-8-4-5-10(12(14)15)9(11)6-8/h4-7,13H,2-3H2,1H3/t7-/m0/s1. The first kappa shape index (κ1) is 11.6. The number of rotatable bonds is 4. The number of halogens is 1. The molecule has 0 amide bonds. The average Bonchev–Trinajstić information content (AvgIpc) is 2.14. The Bertz CT molecular complexity index is 366. The quantitative estimate of drug-likeness (QED) is 0.615. The minimum Gasteiger partial charge on any atom is -0.393 e. The Labute approximate surface area is 86.5 Å². The van der Waals surface area contributed by atoms with E-state index in [0.717, 1.165) is 12.1 Å². The Kier molecular flexibility index (Phi) is 3.74. The third-order valence-electron chi connectivity index (χ3n) is 2.06. The Hall–Kier alpha value is -1.49. The number of nitro groups is 1. The van der Waals surface area contributed by atoms with E-state index in [4.69, 9.17) is 5.11 Å². The predicted octanol–water partition coefficient (Wildman–Crippen LogP) is 2.05. The second-order valence-corrected chi connectivity index (χ2v) is 3.43. The second kappa shape index (κ2) is 4.84. The fraction of sp³-hybridized carbons (Fsp3) is 0.400. The molecule has 0 unspecified atom stereocenters. The molecule has 82 valence electrons. The van der Waals surface area contributed by atoms with Crippen LogP contribution >= 0.6 is 0 Å². The number of aliphatic hydroxyl groups is 1. The van der Waals surface area contributed by atoms with Crippen molar-refractivity contribution in [1.82, 2.24) is 0 Å². The van der Waals surface area contributed by atoms with Crippen LogP contribution < -0.4 is 0 Å². The van der Waals surface area contributed by atoms with Crippen LogP contribution in [0.3, 0.4) is 0 Å². The number of nitrogens with zero attached hydrogens (tertiary/aromatic N) is 1. The van der Waals surface area contributed by atoms with E-state index in [0.29, 0.717) is 18.4 Å². The summed E-state index contributed by atoms with van der Waals surface area (Å²) in [5.41, 5.74) is 0.134. The van der Waals surface area contributed by atoms with Crippen LogP contribution in [0.25, 0.3) is 0 Å². The van der Waals surface area contributed by atoms with E-state index in [2.05, 4.69) is 0 Å². The van der Waals surface area contributed by atoms with Crippen LogP contribution in [0.4, 0.5) is 10.1 Å². The first-order valence-electron chi connectivity index (χ1n) is 4.61. The molecule has 0 bridgehead atoms. The molecule has 15 heavy (non-hydrogen) atoms. The van der Waals surface area contributed by atoms with Gasteiger partial charge in [0.1, 0.15) is 0 Å². The molecule has 0 aliphatic rings. The lowest BCUT2D eigenvalue weighted by Crippen LogP contribution is -2.02. The van der Waals surface area contributed by atoms with E-state index in [1.165, 1.54) is 6.07 Å². The first-order chi connectivity index (χ1) is 7.00. The Morgan fingerprint density at radius 1 is 1.60 bits per heavy atom. The number of hydrogen-bond acceptors (Lipinski definition) is 3. The molecule has 4 nitrogen and oxygen atoms in total. The van der Waals surface area contributed by atoms with E-state index in [9.17, 15) is 14.5 Å². The molecule has 0 aliphatic heterocycles. The molecule has 0 spiro atoms. The van der Waals surface area contributed by atoms with Crippen LogP contribution in [-0.2, 0) is 6.42 Å². The summed E-state index contributed by atoms with van der Waals surface area (Å²) in [6, 6.07) is 3.79. The Morgan fingerprint density at radius 2 is 2.27 bits per heavy atom. The van der Waals surface area contributed by atoms with Gasteiger partial charge in [-0.2, -0.15) is 4.39 Å². The highest BCUT2D eigenvalue weighted by Gasteiger charge is 2.13. The molecule has 0 saturated heterocycles. The lowest BCUT2D eigenvalue weighted by Gasteiger charge is -2.04. The molecule has 0 heterocycles. The number of nitro benzene ring substituents is 1. The molecular formula is C10H12FNO3. The summed E-state index contributed by atoms with van der Waals surface area (Å²) in [6.45, 7) is 1.64. The highest BCUT2D eigenvalue weighted by atomic mass is 19.1. The Morgan fingerprint density at radius 3 is 2.73 bits per heavy atom. The van der Waals surface area contributed by atoms with Gasteiger partial charge in [0.05, 0.1) is 11.0 Å². The maximum Gasteiger partial charge on any atom is 0.304 e. The van der Waals surface area contributed by atoms with Gasteiger partial charge in [-0.1, -0.05) is 6.07 Å². The number of hydrogen-bond donors (Lipinski definition) is 1. The van der Waals surface area contributed by atoms with E-state index >= 15 is 0 Å². The van der Waals surface area contributed by atoms with Crippen LogP contribution in [-0.4, -0.2) is 16.1 Å². The number of aryl methyl sites for hydroxylation is 1. The molecule has 1 N–H and O–H groups in total. The van der Waals surface area contributed by atoms with Crippen molar-refractivity contribution < 1.29 is 14.4 Å². The fourth-order valence-corrected chi connectivity index (χ4v) is 1.23. The highest BCUT2D eigenvalue weighted by molar-refractivity contribution is 5.35. The molecule has 0 fully saturated rings. The van der Waals surface area contributed by atoms with Crippen molar-refractivity contribution in [2.45, 2.75) is 25.9 Å². The summed E-state index contributed by atoms with van der Waals surface area (Å²) in [7, 11) is 0. The minimum atomic E-state index is -0.830. The van der Waals surface area contributed by atoms with Crippen LogP contribution in [0, 0.1) is 15.9 Å². The maximum atomic E-state index is 13.1. The highest BCUT2D eigenvalue weighted by Crippen LogP contribution is 2.18. The van der Waals surface area contributed by atoms with Gasteiger partial charge in [0, 0.05) is 6.07 Å². The maximum absolute atomic E-state index is 13.1. The lowest BCUT2D eigenvalue weighted by molar-refractivity contribution is -0.387. The van der Waals surface area contributed by atoms with Gasteiger partial charge in [-0.3, -0.25) is 10.1 Å². The normalized spacial score (nSPS) is 12.5. The van der Waals surface area contributed by atoms with Gasteiger partial charge in [0.25, 0.3) is 0 Å². The largest absolute Gasteiger partial charge is 0.393 e. The zero-order chi connectivity index (χ0) is 11.4. The minimum absolute atomic E-state index is 0.455. The first-order valence-corrected chi connectivity index (χ1v) is 4.61. The third-order valence-corrected chi connectivity index (χ3v) is 2.06. The molecule has 1 aromatic rings. The van der Waals surface area contributed by atoms with Crippen molar-refractivity contribution in [3.63, 3.8) is 0 Å². The van der Waals surface area contributed by atoms with Gasteiger partial charge in [0.15, 0.2) is 0 Å². The van der Waals surface area contributed by atoms with E-state index in [-0.39, 0.29) is 0 Å². The van der Waals surface area contributed by atoms with E-state index in [1.807, 2.05) is 0 Å². The van der Waals surface area contributed by atoms with Gasteiger partial charge in [-0.05, 0) is 31.4 Å². The number of benzene rings is 1. The lowest BCUT2D eigenvalue weighted by atomic mass is 10.1. The van der Waals surface area contributed by atoms with Gasteiger partial charge in [-0.25, -0.2) is 0 Å². The molecule has 0 saturated carbocycles. The molecule has 0 aliphatic carbocycles. The van der Waals surface area contributed by atoms with Crippen molar-refractivity contribution >= 4 is 5.69 Å². The van der Waals surface area contributed by atoms with Gasteiger partial charge in [0.2, 0.25) is 5.82 Å². The van der Waals surface area contributed by atoms with Crippen LogP contribution in [0.2, 0.25) is 0 Å². The average molecular weight is 213 g/mol. The van der Waals surface area contributed by atoms with Crippen molar-refractivity contribution in [1.29, 1.82) is 0 Å². The topological polar surface area (TPSA) is 63.4 Å². The van der Waals surface area contributed by atoms with Crippen molar-refractivity contribution in [2.75, 3.05) is 0 Å². The summed E-state index contributed by atoms with van der Waals surface area (Å²) in [6.07, 6.45) is 0.562. The zero-order valence-electron chi connectivity index (χ0n) is 8.31. The monoisotopic (exact) mass is 213 g/mol. The van der Waals surface area contributed by atoms with Crippen molar-refractivity contribution in [3.05, 3.63) is 39.7 Å². The van der Waals surface area contributed by atoms with Gasteiger partial charge >= 0.3 is 5.69 Å². The number of aliphatic hydroxyl groups excluding tert-OH is 1. The summed E-state index contributed by atoms with van der Waals surface area (Å²) in [5, 5.41) is 19.3. The molecule has 0 radical (unpaired) electrons. The summed E-state index contributed by atoms with van der Waals surface area (Å²) < 4.78 is 13.1. The van der Waals surface area contributed by atoms with Gasteiger partial charge in [-0.15, -0.1) is 0 Å². The van der Waals surface area contributed by atoms with Crippen LogP contribution in [0.1, 0.15) is 18.9 Å². The van der Waals surface area contributed by atoms with E-state index < -0.39 is 22.5 Å². The third kappa shape index (κ3) is 3.28. The molecular weight excluding hydrogens is 201 g/mol. The smallest absolute Gasteiger partial charge is 0.304 e. The summed E-state index contributed by atoms with van der Waals surface area (Å²) in [4.78, 5) is 9.57. The molecule has 1 atom stereocenters. The SMILES string of the molecule is C[C@H](O)CCc1ccc([N+](=O)[O-])c(F)c1. The molecule has 1 rings (SSSR count). The fourth-order valence-electron chi connectivity index (χ4n) is 1.23. The molecule has 5 heteroatoms. The van der Waals surface area contributed by atoms with Crippen molar-refractivity contribution in [2.24, 2.45) is 0 Å². The summed E-state index contributed by atoms with van der Waals surface area (Å²) in [5.74, 6) is -0.830. The van der Waals surface area contributed by atoms with Crippen LogP contribution in [0.15, 0.2) is 18.2 Å². The predicted molar refractivity (Wildman–Crippen MR) is 53.1 cm³/mol. The second-order valence-electron chi connectivity index (χ2n) is 3.43. The summed E-state index contributed by atoms with van der Waals surface area (Å²) >= 11 is 0. The van der Waals surface area contributed by atoms with Gasteiger partial charge < -0.3 is 5.11 Å². The van der Waals surface area contributed by atoms with Crippen molar-refractivity contribution in [3.8, 4) is 0 Å². The van der Waals surface area contributed by atoms with E-state index in [1.54, 1.807) is 6.92 Å². The Balaban J connectivity index is 2.78.